The summed E-state index contributed by atoms with van der Waals surface area (Å²) in [6.45, 7) is 0.783. The Kier molecular flexibility index (Phi) is 7.23. The second-order valence-corrected chi connectivity index (χ2v) is 7.39. The van der Waals surface area contributed by atoms with Crippen molar-refractivity contribution in [1.82, 2.24) is 4.90 Å². The number of para-hydroxylation sites is 1. The molecule has 2 aromatic carbocycles. The monoisotopic (exact) mass is 419 g/mol. The Morgan fingerprint density at radius 1 is 1.17 bits per heavy atom. The molecule has 162 valence electrons. The predicted molar refractivity (Wildman–Crippen MR) is 110 cm³/mol. The van der Waals surface area contributed by atoms with Crippen molar-refractivity contribution in [2.24, 2.45) is 5.73 Å². The van der Waals surface area contributed by atoms with Gasteiger partial charge < -0.3 is 9.47 Å². The van der Waals surface area contributed by atoms with E-state index in [9.17, 15) is 13.6 Å². The van der Waals surface area contributed by atoms with Crippen LogP contribution in [0.5, 0.6) is 5.75 Å². The highest BCUT2D eigenvalue weighted by Gasteiger charge is 2.34. The molecule has 1 aliphatic heterocycles. The van der Waals surface area contributed by atoms with Crippen LogP contribution in [-0.4, -0.2) is 36.4 Å². The van der Waals surface area contributed by atoms with E-state index in [4.69, 9.17) is 10.5 Å². The van der Waals surface area contributed by atoms with Gasteiger partial charge in [-0.3, -0.25) is 16.0 Å². The van der Waals surface area contributed by atoms with Crippen LogP contribution < -0.4 is 15.8 Å². The number of nitrogens with zero attached hydrogens (tertiary/aromatic N) is 1. The van der Waals surface area contributed by atoms with Gasteiger partial charge in [-0.05, 0) is 30.2 Å². The quantitative estimate of drug-likeness (QED) is 0.653. The fraction of sp³-hybridized carbons (Fsp3) is 0.409. The van der Waals surface area contributed by atoms with E-state index in [1.165, 1.54) is 11.6 Å². The van der Waals surface area contributed by atoms with Gasteiger partial charge in [-0.25, -0.2) is 4.79 Å². The van der Waals surface area contributed by atoms with E-state index < -0.39 is 18.4 Å². The first kappa shape index (κ1) is 22.0. The van der Waals surface area contributed by atoms with Crippen LogP contribution >= 0.6 is 0 Å². The second kappa shape index (κ2) is 9.86. The number of piperidine rings is 1. The average Bonchev–Trinajstić information content (AvgIpc) is 2.71. The van der Waals surface area contributed by atoms with Crippen molar-refractivity contribution in [3.63, 3.8) is 0 Å². The third-order valence-electron chi connectivity index (χ3n) is 5.19. The van der Waals surface area contributed by atoms with Gasteiger partial charge in [0.15, 0.2) is 5.72 Å². The number of carbonyl (C=O) groups is 1. The number of likely N-dealkylation sites (tertiary alicyclic amines) is 1. The van der Waals surface area contributed by atoms with Gasteiger partial charge in [0, 0.05) is 43.7 Å². The lowest BCUT2D eigenvalue weighted by Crippen LogP contribution is -2.53. The molecule has 3 rings (SSSR count). The normalized spacial score (nSPS) is 16.3. The number of alkyl halides is 2. The number of nitrogens with two attached hydrogens (primary N) is 1. The summed E-state index contributed by atoms with van der Waals surface area (Å²) in [5, 5.41) is 2.70. The number of amides is 1. The van der Waals surface area contributed by atoms with Crippen LogP contribution in [-0.2, 0) is 17.7 Å². The summed E-state index contributed by atoms with van der Waals surface area (Å²) in [6, 6.07) is 14.3. The molecule has 0 atom stereocenters. The molecule has 0 unspecified atom stereocenters. The average molecular weight is 419 g/mol. The zero-order valence-corrected chi connectivity index (χ0v) is 16.9. The van der Waals surface area contributed by atoms with Crippen LogP contribution in [0.1, 0.15) is 30.9 Å². The van der Waals surface area contributed by atoms with E-state index in [1.807, 2.05) is 24.3 Å². The SMILES string of the molecule is CCc1ccc(NC(=O)OC2(N)CCN(Cc3ccccc3OC(F)F)CC2)cc1. The maximum Gasteiger partial charge on any atom is 0.413 e. The first-order valence-corrected chi connectivity index (χ1v) is 10.00. The number of halogens is 2. The number of rotatable bonds is 7. The van der Waals surface area contributed by atoms with Gasteiger partial charge in [-0.15, -0.1) is 0 Å². The number of carbonyl (C=O) groups excluding carboxylic acids is 1. The zero-order valence-electron chi connectivity index (χ0n) is 16.9. The summed E-state index contributed by atoms with van der Waals surface area (Å²) in [5.74, 6) is 0.168. The molecule has 0 aromatic heterocycles. The minimum atomic E-state index is -2.87. The van der Waals surface area contributed by atoms with Crippen molar-refractivity contribution in [3.8, 4) is 5.75 Å². The van der Waals surface area contributed by atoms with Gasteiger partial charge in [0.25, 0.3) is 0 Å². The van der Waals surface area contributed by atoms with Crippen molar-refractivity contribution in [3.05, 3.63) is 59.7 Å². The molecule has 0 spiro atoms. The van der Waals surface area contributed by atoms with Gasteiger partial charge in [0.2, 0.25) is 0 Å². The molecule has 0 bridgehead atoms. The lowest BCUT2D eigenvalue weighted by atomic mass is 10.0. The Bertz CT molecular complexity index is 838. The molecule has 0 saturated carbocycles. The number of nitrogens with one attached hydrogen (secondary N) is 1. The fourth-order valence-corrected chi connectivity index (χ4v) is 3.43. The molecule has 30 heavy (non-hydrogen) atoms. The molecule has 1 amide bonds. The third kappa shape index (κ3) is 6.14. The van der Waals surface area contributed by atoms with Crippen molar-refractivity contribution in [1.29, 1.82) is 0 Å². The first-order valence-electron chi connectivity index (χ1n) is 10.00. The minimum absolute atomic E-state index is 0.168. The Balaban J connectivity index is 1.51. The Morgan fingerprint density at radius 3 is 2.47 bits per heavy atom. The van der Waals surface area contributed by atoms with Crippen LogP contribution in [0.3, 0.4) is 0 Å². The highest BCUT2D eigenvalue weighted by Crippen LogP contribution is 2.26. The van der Waals surface area contributed by atoms with E-state index in [-0.39, 0.29) is 5.75 Å². The lowest BCUT2D eigenvalue weighted by Gasteiger charge is -2.38. The van der Waals surface area contributed by atoms with Crippen molar-refractivity contribution in [2.45, 2.75) is 45.1 Å². The molecule has 1 fully saturated rings. The topological polar surface area (TPSA) is 76.8 Å². The Hall–Kier alpha value is -2.71. The van der Waals surface area contributed by atoms with E-state index >= 15 is 0 Å². The van der Waals surface area contributed by atoms with E-state index in [0.717, 1.165) is 6.42 Å². The van der Waals surface area contributed by atoms with Crippen LogP contribution in [0.4, 0.5) is 19.3 Å². The molecule has 1 heterocycles. The Labute approximate surface area is 175 Å². The summed E-state index contributed by atoms with van der Waals surface area (Å²) >= 11 is 0. The molecule has 0 aliphatic carbocycles. The van der Waals surface area contributed by atoms with Crippen molar-refractivity contribution >= 4 is 11.8 Å². The van der Waals surface area contributed by atoms with E-state index in [0.29, 0.717) is 43.7 Å². The van der Waals surface area contributed by atoms with Gasteiger partial charge in [-0.1, -0.05) is 37.3 Å². The largest absolute Gasteiger partial charge is 0.434 e. The fourth-order valence-electron chi connectivity index (χ4n) is 3.43. The second-order valence-electron chi connectivity index (χ2n) is 7.39. The Morgan fingerprint density at radius 2 is 1.83 bits per heavy atom. The van der Waals surface area contributed by atoms with Crippen molar-refractivity contribution < 1.29 is 23.0 Å². The maximum atomic E-state index is 12.6. The van der Waals surface area contributed by atoms with Gasteiger partial charge in [-0.2, -0.15) is 8.78 Å². The number of benzene rings is 2. The maximum absolute atomic E-state index is 12.6. The summed E-state index contributed by atoms with van der Waals surface area (Å²) in [7, 11) is 0. The van der Waals surface area contributed by atoms with Gasteiger partial charge in [0.05, 0.1) is 0 Å². The molecular formula is C22H27F2N3O3. The van der Waals surface area contributed by atoms with Crippen LogP contribution in [0, 0.1) is 0 Å². The molecule has 2 aromatic rings. The number of hydrogen-bond donors (Lipinski definition) is 2. The van der Waals surface area contributed by atoms with Crippen LogP contribution in [0.25, 0.3) is 0 Å². The minimum Gasteiger partial charge on any atom is -0.434 e. The van der Waals surface area contributed by atoms with E-state index in [2.05, 4.69) is 21.9 Å². The number of ether oxygens (including phenoxy) is 2. The zero-order chi connectivity index (χ0) is 21.6. The van der Waals surface area contributed by atoms with Crippen LogP contribution in [0.15, 0.2) is 48.5 Å². The molecule has 8 heteroatoms. The standard InChI is InChI=1S/C22H27F2N3O3/c1-2-16-7-9-18(10-8-16)26-21(28)30-22(25)11-13-27(14-12-22)15-17-5-3-4-6-19(17)29-20(23)24/h3-10,20H,2,11-15,25H2,1H3,(H,26,28). The number of anilines is 1. The first-order chi connectivity index (χ1) is 14.4. The molecule has 0 radical (unpaired) electrons. The smallest absolute Gasteiger partial charge is 0.413 e. The molecular weight excluding hydrogens is 392 g/mol. The third-order valence-corrected chi connectivity index (χ3v) is 5.19. The summed E-state index contributed by atoms with van der Waals surface area (Å²) in [4.78, 5) is 14.3. The highest BCUT2D eigenvalue weighted by atomic mass is 19.3. The molecule has 1 aliphatic rings. The lowest BCUT2D eigenvalue weighted by molar-refractivity contribution is -0.0513. The highest BCUT2D eigenvalue weighted by molar-refractivity contribution is 5.84. The molecule has 3 N–H and O–H groups in total. The summed E-state index contributed by atoms with van der Waals surface area (Å²) in [6.07, 6.45) is 1.21. The number of aryl methyl sites for hydroxylation is 1. The molecule has 6 nitrogen and oxygen atoms in total. The molecule has 1 saturated heterocycles. The number of hydrogen-bond acceptors (Lipinski definition) is 5. The van der Waals surface area contributed by atoms with Gasteiger partial charge in [0.1, 0.15) is 5.75 Å². The van der Waals surface area contributed by atoms with Crippen molar-refractivity contribution in [2.75, 3.05) is 18.4 Å². The van der Waals surface area contributed by atoms with Crippen LogP contribution in [0.2, 0.25) is 0 Å². The summed E-state index contributed by atoms with van der Waals surface area (Å²) in [5.41, 5.74) is 7.71. The van der Waals surface area contributed by atoms with Gasteiger partial charge >= 0.3 is 12.7 Å². The predicted octanol–water partition coefficient (Wildman–Crippen LogP) is 4.35. The van der Waals surface area contributed by atoms with E-state index in [1.54, 1.807) is 18.2 Å². The summed E-state index contributed by atoms with van der Waals surface area (Å²) < 4.78 is 35.3.